The maximum Gasteiger partial charge on any atom is 0.764 e. The van der Waals surface area contributed by atoms with Gasteiger partial charge < -0.3 is 14.0 Å². The quantitative estimate of drug-likeness (QED) is 0.500. The first-order valence-corrected chi connectivity index (χ1v) is 4.74. The molecule has 0 fully saturated rings. The molecule has 0 aromatic rings. The van der Waals surface area contributed by atoms with Crippen molar-refractivity contribution in [1.29, 1.82) is 0 Å². The number of unbranched alkanes of at least 4 members (excludes halogenated alkanes) is 1. The minimum Gasteiger partial charge on any atom is -0.511 e. The molecule has 0 amide bonds. The lowest BCUT2D eigenvalue weighted by atomic mass is 10.4. The molecule has 5 heteroatoms. The van der Waals surface area contributed by atoms with Crippen molar-refractivity contribution >= 4 is 15.5 Å². The predicted octanol–water partition coefficient (Wildman–Crippen LogP) is 0.416. The normalized spacial score (nSPS) is 7.45. The van der Waals surface area contributed by atoms with Crippen LogP contribution in [-0.4, -0.2) is 26.9 Å². The number of hydrogen-bond donors (Lipinski definition) is 1. The molecule has 0 saturated heterocycles. The summed E-state index contributed by atoms with van der Waals surface area (Å²) in [5, 5.41) is 0. The van der Waals surface area contributed by atoms with Gasteiger partial charge in [-0.05, 0) is 13.3 Å². The molecule has 0 unspecified atom stereocenters. The van der Waals surface area contributed by atoms with Crippen LogP contribution in [0.5, 0.6) is 0 Å². The smallest absolute Gasteiger partial charge is 0.511 e. The van der Waals surface area contributed by atoms with Gasteiger partial charge in [-0.25, -0.2) is 0 Å². The second-order valence-electron chi connectivity index (χ2n) is 1.65. The van der Waals surface area contributed by atoms with Crippen LogP contribution in [-0.2, 0) is 13.7 Å². The Bertz CT molecular complexity index is 105. The van der Waals surface area contributed by atoms with Crippen molar-refractivity contribution < 1.29 is 18.5 Å². The van der Waals surface area contributed by atoms with E-state index >= 15 is 0 Å². The van der Waals surface area contributed by atoms with Crippen LogP contribution in [0.25, 0.3) is 0 Å². The highest BCUT2D eigenvalue weighted by Crippen LogP contribution is 1.74. The molecule has 1 N–H and O–H groups in total. The van der Waals surface area contributed by atoms with Crippen LogP contribution >= 0.6 is 0 Å². The van der Waals surface area contributed by atoms with Crippen molar-refractivity contribution in [2.75, 3.05) is 6.61 Å². The van der Waals surface area contributed by atoms with Crippen LogP contribution in [0, 0.1) is 0 Å². The second kappa shape index (κ2) is 12.0. The standard InChI is InChI=1S/C4H8O.C2H6O3Si/c1-2-3-4-5;1-2-5-6(3)4/h4H,2-3H2,1H3;3H,2H2,1H3. The molecular weight excluding hydrogens is 164 g/mol. The third-order valence-corrected chi connectivity index (χ3v) is 1.21. The van der Waals surface area contributed by atoms with E-state index in [1.54, 1.807) is 6.92 Å². The summed E-state index contributed by atoms with van der Waals surface area (Å²) in [6.45, 7) is 3.96. The van der Waals surface area contributed by atoms with Crippen molar-refractivity contribution in [3.63, 3.8) is 0 Å². The van der Waals surface area contributed by atoms with E-state index in [9.17, 15) is 9.26 Å². The summed E-state index contributed by atoms with van der Waals surface area (Å²) in [4.78, 5) is 17.3. The highest BCUT2D eigenvalue weighted by atomic mass is 28.3. The molecule has 0 aromatic heterocycles. The highest BCUT2D eigenvalue weighted by Gasteiger charge is 1.97. The molecule has 0 atom stereocenters. The Kier molecular flexibility index (Phi) is 14.1. The van der Waals surface area contributed by atoms with Crippen molar-refractivity contribution in [3.05, 3.63) is 0 Å². The van der Waals surface area contributed by atoms with Crippen LogP contribution in [0.15, 0.2) is 0 Å². The zero-order valence-electron chi connectivity index (χ0n) is 6.87. The van der Waals surface area contributed by atoms with Gasteiger partial charge in [-0.2, -0.15) is 0 Å². The molecule has 0 aromatic carbocycles. The molecule has 0 saturated carbocycles. The Morgan fingerprint density at radius 2 is 2.09 bits per heavy atom. The topological polar surface area (TPSA) is 63.6 Å². The summed E-state index contributed by atoms with van der Waals surface area (Å²) in [6.07, 6.45) is 2.61. The first-order chi connectivity index (χ1) is 5.18. The molecule has 4 nitrogen and oxygen atoms in total. The SMILES string of the molecule is CCCC=O.CCO[Si](=O)O. The van der Waals surface area contributed by atoms with E-state index in [2.05, 4.69) is 4.43 Å². The molecule has 0 heterocycles. The number of hydrogen-bond acceptors (Lipinski definition) is 3. The van der Waals surface area contributed by atoms with Gasteiger partial charge in [-0.3, -0.25) is 4.46 Å². The van der Waals surface area contributed by atoms with Crippen LogP contribution < -0.4 is 0 Å². The Morgan fingerprint density at radius 1 is 1.55 bits per heavy atom. The molecule has 0 aliphatic carbocycles. The molecular formula is C6H14O4Si. The first-order valence-electron chi connectivity index (χ1n) is 3.48. The van der Waals surface area contributed by atoms with E-state index in [0.29, 0.717) is 13.0 Å². The molecule has 0 radical (unpaired) electrons. The average molecular weight is 178 g/mol. The van der Waals surface area contributed by atoms with Gasteiger partial charge in [-0.1, -0.05) is 6.92 Å². The lowest BCUT2D eigenvalue weighted by molar-refractivity contribution is -0.107. The summed E-state index contributed by atoms with van der Waals surface area (Å²) < 4.78 is 13.7. The Balaban J connectivity index is 0. The minimum atomic E-state index is -2.64. The molecule has 0 bridgehead atoms. The third-order valence-electron chi connectivity index (χ3n) is 0.674. The van der Waals surface area contributed by atoms with E-state index in [0.717, 1.165) is 12.7 Å². The Labute approximate surface area is 68.1 Å². The van der Waals surface area contributed by atoms with Gasteiger partial charge in [0.2, 0.25) is 0 Å². The fourth-order valence-corrected chi connectivity index (χ4v) is 0.488. The van der Waals surface area contributed by atoms with Crippen molar-refractivity contribution in [1.82, 2.24) is 0 Å². The Morgan fingerprint density at radius 3 is 2.09 bits per heavy atom. The molecule has 0 rings (SSSR count). The highest BCUT2D eigenvalue weighted by molar-refractivity contribution is 6.24. The van der Waals surface area contributed by atoms with Gasteiger partial charge in [0.05, 0.1) is 6.61 Å². The van der Waals surface area contributed by atoms with E-state index in [-0.39, 0.29) is 0 Å². The zero-order valence-corrected chi connectivity index (χ0v) is 7.87. The lowest BCUT2D eigenvalue weighted by Gasteiger charge is -1.86. The van der Waals surface area contributed by atoms with Gasteiger partial charge in [0.15, 0.2) is 0 Å². The average Bonchev–Trinajstić information content (AvgIpc) is 1.90. The summed E-state index contributed by atoms with van der Waals surface area (Å²) in [6, 6.07) is 0. The lowest BCUT2D eigenvalue weighted by Crippen LogP contribution is -2.03. The van der Waals surface area contributed by atoms with Crippen LogP contribution in [0.1, 0.15) is 26.7 Å². The predicted molar refractivity (Wildman–Crippen MR) is 41.3 cm³/mol. The molecule has 0 aliphatic rings. The fraction of sp³-hybridized carbons (Fsp3) is 0.833. The molecule has 0 aliphatic heterocycles. The van der Waals surface area contributed by atoms with E-state index in [1.807, 2.05) is 6.92 Å². The summed E-state index contributed by atoms with van der Waals surface area (Å²) in [7, 11) is -2.64. The first kappa shape index (κ1) is 12.9. The van der Waals surface area contributed by atoms with E-state index in [4.69, 9.17) is 4.80 Å². The molecule has 11 heavy (non-hydrogen) atoms. The van der Waals surface area contributed by atoms with Gasteiger partial charge in [0.25, 0.3) is 0 Å². The molecule has 66 valence electrons. The maximum atomic E-state index is 9.56. The van der Waals surface area contributed by atoms with E-state index < -0.39 is 9.17 Å². The minimum absolute atomic E-state index is 0.314. The zero-order chi connectivity index (χ0) is 9.11. The van der Waals surface area contributed by atoms with E-state index in [1.165, 1.54) is 0 Å². The van der Waals surface area contributed by atoms with Crippen LogP contribution in [0.4, 0.5) is 0 Å². The van der Waals surface area contributed by atoms with Crippen molar-refractivity contribution in [3.8, 4) is 0 Å². The second-order valence-corrected chi connectivity index (χ2v) is 2.47. The largest absolute Gasteiger partial charge is 0.764 e. The summed E-state index contributed by atoms with van der Waals surface area (Å²) in [5.41, 5.74) is 0. The van der Waals surface area contributed by atoms with Gasteiger partial charge in [0, 0.05) is 6.42 Å². The van der Waals surface area contributed by atoms with Crippen molar-refractivity contribution in [2.24, 2.45) is 0 Å². The molecule has 0 spiro atoms. The third kappa shape index (κ3) is 26.8. The monoisotopic (exact) mass is 178 g/mol. The van der Waals surface area contributed by atoms with Crippen LogP contribution in [0.2, 0.25) is 0 Å². The number of rotatable bonds is 4. The van der Waals surface area contributed by atoms with Gasteiger partial charge in [0.1, 0.15) is 6.29 Å². The fourth-order valence-electron chi connectivity index (χ4n) is 0.241. The summed E-state index contributed by atoms with van der Waals surface area (Å²) >= 11 is 0. The van der Waals surface area contributed by atoms with Crippen LogP contribution in [0.3, 0.4) is 0 Å². The summed E-state index contributed by atoms with van der Waals surface area (Å²) in [5.74, 6) is 0. The van der Waals surface area contributed by atoms with Gasteiger partial charge in [-0.15, -0.1) is 0 Å². The number of aldehydes is 1. The number of carbonyl (C=O) groups is 1. The maximum absolute atomic E-state index is 9.56. The van der Waals surface area contributed by atoms with Crippen molar-refractivity contribution in [2.45, 2.75) is 26.7 Å². The van der Waals surface area contributed by atoms with Gasteiger partial charge >= 0.3 is 9.17 Å². The number of carbonyl (C=O) groups excluding carboxylic acids is 1. The Hall–Kier alpha value is -0.713.